The molecule has 0 aliphatic heterocycles. The van der Waals surface area contributed by atoms with Gasteiger partial charge in [-0.3, -0.25) is 0 Å². The number of benzene rings is 2. The second kappa shape index (κ2) is 7.63. The van der Waals surface area contributed by atoms with Crippen molar-refractivity contribution in [3.05, 3.63) is 61.5 Å². The van der Waals surface area contributed by atoms with Crippen molar-refractivity contribution in [3.8, 4) is 5.75 Å². The Balaban J connectivity index is 2.48. The maximum absolute atomic E-state index is 6.43. The van der Waals surface area contributed by atoms with Crippen LogP contribution in [0.2, 0.25) is 5.02 Å². The Bertz CT molecular complexity index is 634. The maximum Gasteiger partial charge on any atom is 0.120 e. The topological polar surface area (TPSA) is 21.3 Å². The van der Waals surface area contributed by atoms with Gasteiger partial charge in [0.2, 0.25) is 0 Å². The molecule has 0 aliphatic carbocycles. The summed E-state index contributed by atoms with van der Waals surface area (Å²) in [6, 6.07) is 12.0. The Kier molecular flexibility index (Phi) is 6.11. The lowest BCUT2D eigenvalue weighted by atomic mass is 9.98. The molecular weight excluding hydrogens is 417 g/mol. The first kappa shape index (κ1) is 16.8. The van der Waals surface area contributed by atoms with E-state index in [-0.39, 0.29) is 6.04 Å². The lowest BCUT2D eigenvalue weighted by Gasteiger charge is -2.22. The molecule has 1 atom stereocenters. The minimum atomic E-state index is 0.0240. The molecule has 2 rings (SSSR count). The third-order valence-corrected chi connectivity index (χ3v) is 4.71. The van der Waals surface area contributed by atoms with Crippen molar-refractivity contribution in [2.24, 2.45) is 0 Å². The molecule has 112 valence electrons. The zero-order chi connectivity index (χ0) is 15.4. The number of methoxy groups -OCH3 is 1. The third kappa shape index (κ3) is 4.01. The molecule has 0 saturated carbocycles. The van der Waals surface area contributed by atoms with Crippen LogP contribution in [0.5, 0.6) is 5.75 Å². The van der Waals surface area contributed by atoms with Gasteiger partial charge >= 0.3 is 0 Å². The number of rotatable bonds is 5. The Morgan fingerprint density at radius 2 is 1.86 bits per heavy atom. The Morgan fingerprint density at radius 3 is 2.43 bits per heavy atom. The van der Waals surface area contributed by atoms with Crippen LogP contribution < -0.4 is 10.1 Å². The van der Waals surface area contributed by atoms with Crippen molar-refractivity contribution in [2.45, 2.75) is 13.0 Å². The molecule has 0 saturated heterocycles. The molecule has 2 aromatic rings. The average molecular weight is 434 g/mol. The molecule has 0 radical (unpaired) electrons. The van der Waals surface area contributed by atoms with Crippen molar-refractivity contribution in [1.82, 2.24) is 5.32 Å². The molecule has 1 N–H and O–H groups in total. The molecule has 21 heavy (non-hydrogen) atoms. The van der Waals surface area contributed by atoms with E-state index in [2.05, 4.69) is 50.2 Å². The smallest absolute Gasteiger partial charge is 0.120 e. The summed E-state index contributed by atoms with van der Waals surface area (Å²) in [6.45, 7) is 2.92. The molecule has 0 aromatic heterocycles. The van der Waals surface area contributed by atoms with Gasteiger partial charge < -0.3 is 10.1 Å². The summed E-state index contributed by atoms with van der Waals surface area (Å²) in [5.74, 6) is 0.758. The van der Waals surface area contributed by atoms with Gasteiger partial charge in [0.1, 0.15) is 5.75 Å². The molecular formula is C16H16Br2ClNO. The number of hydrogen-bond donors (Lipinski definition) is 1. The highest BCUT2D eigenvalue weighted by atomic mass is 79.9. The first-order valence-corrected chi connectivity index (χ1v) is 8.55. The molecule has 0 amide bonds. The van der Waals surface area contributed by atoms with Crippen LogP contribution >= 0.6 is 43.5 Å². The summed E-state index contributed by atoms with van der Waals surface area (Å²) in [7, 11) is 1.64. The van der Waals surface area contributed by atoms with E-state index in [1.807, 2.05) is 30.3 Å². The van der Waals surface area contributed by atoms with E-state index in [1.54, 1.807) is 7.11 Å². The van der Waals surface area contributed by atoms with E-state index in [1.165, 1.54) is 0 Å². The highest BCUT2D eigenvalue weighted by Gasteiger charge is 2.19. The lowest BCUT2D eigenvalue weighted by Crippen LogP contribution is -2.22. The van der Waals surface area contributed by atoms with E-state index in [0.29, 0.717) is 5.02 Å². The molecule has 0 aliphatic rings. The van der Waals surface area contributed by atoms with Gasteiger partial charge in [0.05, 0.1) is 13.2 Å². The summed E-state index contributed by atoms with van der Waals surface area (Å²) in [5, 5.41) is 4.17. The first-order chi connectivity index (χ1) is 10.1. The number of ether oxygens (including phenoxy) is 1. The molecule has 0 heterocycles. The normalized spacial score (nSPS) is 12.2. The zero-order valence-corrected chi connectivity index (χ0v) is 15.7. The van der Waals surface area contributed by atoms with Gasteiger partial charge in [0, 0.05) is 14.0 Å². The maximum atomic E-state index is 6.43. The van der Waals surface area contributed by atoms with Gasteiger partial charge in [-0.25, -0.2) is 0 Å². The molecule has 0 fully saturated rings. The quantitative estimate of drug-likeness (QED) is 0.665. The van der Waals surface area contributed by atoms with Gasteiger partial charge in [-0.1, -0.05) is 62.5 Å². The van der Waals surface area contributed by atoms with E-state index < -0.39 is 0 Å². The summed E-state index contributed by atoms with van der Waals surface area (Å²) in [6.07, 6.45) is 0. The Hall–Kier alpha value is -0.550. The minimum Gasteiger partial charge on any atom is -0.497 e. The van der Waals surface area contributed by atoms with Crippen LogP contribution in [0.15, 0.2) is 45.3 Å². The predicted molar refractivity (Wildman–Crippen MR) is 95.4 cm³/mol. The number of halogens is 3. The SMILES string of the molecule is CCNC(c1ccc(OC)cc1Cl)c1ccc(Br)cc1Br. The highest BCUT2D eigenvalue weighted by molar-refractivity contribution is 9.11. The molecule has 5 heteroatoms. The van der Waals surface area contributed by atoms with Crippen molar-refractivity contribution >= 4 is 43.5 Å². The van der Waals surface area contributed by atoms with E-state index in [4.69, 9.17) is 16.3 Å². The standard InChI is InChI=1S/C16H16Br2ClNO/c1-3-20-16(12-6-4-10(17)8-14(12)18)13-7-5-11(21-2)9-15(13)19/h4-9,16,20H,3H2,1-2H3. The van der Waals surface area contributed by atoms with Gasteiger partial charge in [0.15, 0.2) is 0 Å². The van der Waals surface area contributed by atoms with Crippen LogP contribution in [-0.4, -0.2) is 13.7 Å². The monoisotopic (exact) mass is 431 g/mol. The number of hydrogen-bond acceptors (Lipinski definition) is 2. The summed E-state index contributed by atoms with van der Waals surface area (Å²) in [4.78, 5) is 0. The van der Waals surface area contributed by atoms with Gasteiger partial charge in [0.25, 0.3) is 0 Å². The van der Waals surface area contributed by atoms with Crippen LogP contribution in [0.3, 0.4) is 0 Å². The van der Waals surface area contributed by atoms with Crippen LogP contribution in [0.1, 0.15) is 24.1 Å². The number of nitrogens with one attached hydrogen (secondary N) is 1. The zero-order valence-electron chi connectivity index (χ0n) is 11.8. The molecule has 1 unspecified atom stereocenters. The average Bonchev–Trinajstić information content (AvgIpc) is 2.46. The van der Waals surface area contributed by atoms with Gasteiger partial charge in [-0.05, 0) is 41.9 Å². The van der Waals surface area contributed by atoms with Gasteiger partial charge in [-0.2, -0.15) is 0 Å². The molecule has 0 spiro atoms. The first-order valence-electron chi connectivity index (χ1n) is 6.58. The largest absolute Gasteiger partial charge is 0.497 e. The molecule has 2 aromatic carbocycles. The minimum absolute atomic E-state index is 0.0240. The lowest BCUT2D eigenvalue weighted by molar-refractivity contribution is 0.414. The second-order valence-corrected chi connectivity index (χ2v) is 6.72. The van der Waals surface area contributed by atoms with Crippen LogP contribution in [-0.2, 0) is 0 Å². The fraction of sp³-hybridized carbons (Fsp3) is 0.250. The van der Waals surface area contributed by atoms with Crippen molar-refractivity contribution < 1.29 is 4.74 Å². The predicted octanol–water partition coefficient (Wildman–Crippen LogP) is 5.57. The summed E-state index contributed by atoms with van der Waals surface area (Å²) in [5.41, 5.74) is 2.18. The molecule has 2 nitrogen and oxygen atoms in total. The van der Waals surface area contributed by atoms with Crippen LogP contribution in [0.25, 0.3) is 0 Å². The van der Waals surface area contributed by atoms with E-state index in [0.717, 1.165) is 32.4 Å². The van der Waals surface area contributed by atoms with Crippen LogP contribution in [0, 0.1) is 0 Å². The van der Waals surface area contributed by atoms with Gasteiger partial charge in [-0.15, -0.1) is 0 Å². The summed E-state index contributed by atoms with van der Waals surface area (Å²) >= 11 is 13.5. The Labute approximate surface area is 147 Å². The third-order valence-electron chi connectivity index (χ3n) is 3.20. The summed E-state index contributed by atoms with van der Waals surface area (Å²) < 4.78 is 7.29. The fourth-order valence-electron chi connectivity index (χ4n) is 2.20. The van der Waals surface area contributed by atoms with Crippen molar-refractivity contribution in [2.75, 3.05) is 13.7 Å². The fourth-order valence-corrected chi connectivity index (χ4v) is 3.75. The molecule has 0 bridgehead atoms. The van der Waals surface area contributed by atoms with Crippen molar-refractivity contribution in [1.29, 1.82) is 0 Å². The van der Waals surface area contributed by atoms with Crippen LogP contribution in [0.4, 0.5) is 0 Å². The van der Waals surface area contributed by atoms with E-state index >= 15 is 0 Å². The Morgan fingerprint density at radius 1 is 1.14 bits per heavy atom. The van der Waals surface area contributed by atoms with E-state index in [9.17, 15) is 0 Å². The second-order valence-electron chi connectivity index (χ2n) is 4.54. The highest BCUT2D eigenvalue weighted by Crippen LogP contribution is 2.35. The van der Waals surface area contributed by atoms with Crippen molar-refractivity contribution in [3.63, 3.8) is 0 Å².